The number of anilines is 1. The lowest BCUT2D eigenvalue weighted by Gasteiger charge is -2.34. The molecule has 4 heteroatoms. The predicted octanol–water partition coefficient (Wildman–Crippen LogP) is 4.91. The summed E-state index contributed by atoms with van der Waals surface area (Å²) < 4.78 is 0. The van der Waals surface area contributed by atoms with Gasteiger partial charge in [0.2, 0.25) is 0 Å². The molecular weight excluding hydrogens is 360 g/mol. The van der Waals surface area contributed by atoms with Crippen LogP contribution in [0.25, 0.3) is 0 Å². The van der Waals surface area contributed by atoms with Crippen molar-refractivity contribution in [3.05, 3.63) is 87.8 Å². The molecule has 0 aromatic heterocycles. The largest absolute Gasteiger partial charge is 0.362 e. The van der Waals surface area contributed by atoms with Crippen LogP contribution >= 0.6 is 0 Å². The molecule has 4 rings (SSSR count). The van der Waals surface area contributed by atoms with Crippen molar-refractivity contribution >= 4 is 17.4 Å². The highest BCUT2D eigenvalue weighted by Crippen LogP contribution is 2.42. The Morgan fingerprint density at radius 2 is 1.83 bits per heavy atom. The number of rotatable bonds is 3. The minimum Gasteiger partial charge on any atom is -0.362 e. The zero-order valence-corrected chi connectivity index (χ0v) is 17.1. The molecule has 2 aliphatic rings. The maximum absolute atomic E-state index is 13.4. The van der Waals surface area contributed by atoms with Crippen LogP contribution in [0.5, 0.6) is 0 Å². The lowest BCUT2D eigenvalue weighted by Crippen LogP contribution is -2.35. The van der Waals surface area contributed by atoms with Crippen LogP contribution in [-0.2, 0) is 9.59 Å². The van der Waals surface area contributed by atoms with Crippen molar-refractivity contribution in [3.63, 3.8) is 0 Å². The van der Waals surface area contributed by atoms with Gasteiger partial charge in [-0.05, 0) is 50.8 Å². The third kappa shape index (κ3) is 3.63. The van der Waals surface area contributed by atoms with Crippen molar-refractivity contribution in [2.24, 2.45) is 0 Å². The van der Waals surface area contributed by atoms with Gasteiger partial charge in [0, 0.05) is 40.6 Å². The molecule has 1 heterocycles. The van der Waals surface area contributed by atoms with Crippen molar-refractivity contribution in [2.75, 3.05) is 5.32 Å². The van der Waals surface area contributed by atoms with Gasteiger partial charge in [-0.3, -0.25) is 9.59 Å². The molecule has 0 saturated carbocycles. The lowest BCUT2D eigenvalue weighted by molar-refractivity contribution is -0.116. The molecule has 0 saturated heterocycles. The second-order valence-electron chi connectivity index (χ2n) is 7.95. The average molecular weight is 386 g/mol. The third-order valence-electron chi connectivity index (χ3n) is 5.79. The van der Waals surface area contributed by atoms with E-state index in [2.05, 4.69) is 16.7 Å². The number of nitrogens with one attached hydrogen (secondary N) is 2. The van der Waals surface area contributed by atoms with Crippen molar-refractivity contribution in [2.45, 2.75) is 46.0 Å². The van der Waals surface area contributed by atoms with Gasteiger partial charge < -0.3 is 10.6 Å². The SMILES string of the molecule is CC1=C(C(=O)Nc2ccccc2C)C(c2cccc(C)c2)C2=C(CCCC2=O)N1. The van der Waals surface area contributed by atoms with E-state index in [0.29, 0.717) is 12.0 Å². The first kappa shape index (κ1) is 19.2. The van der Waals surface area contributed by atoms with E-state index in [0.717, 1.165) is 52.2 Å². The fraction of sp³-hybridized carbons (Fsp3) is 0.280. The van der Waals surface area contributed by atoms with Crippen molar-refractivity contribution in [1.82, 2.24) is 5.32 Å². The summed E-state index contributed by atoms with van der Waals surface area (Å²) in [5, 5.41) is 6.44. The first-order valence-electron chi connectivity index (χ1n) is 10.1. The Hall–Kier alpha value is -3.14. The van der Waals surface area contributed by atoms with Crippen LogP contribution in [0, 0.1) is 13.8 Å². The molecule has 1 aliphatic carbocycles. The lowest BCUT2D eigenvalue weighted by atomic mass is 9.75. The molecule has 0 bridgehead atoms. The van der Waals surface area contributed by atoms with E-state index in [9.17, 15) is 9.59 Å². The van der Waals surface area contributed by atoms with Crippen LogP contribution in [0.4, 0.5) is 5.69 Å². The minimum absolute atomic E-state index is 0.138. The van der Waals surface area contributed by atoms with Gasteiger partial charge in [0.25, 0.3) is 5.91 Å². The molecule has 2 N–H and O–H groups in total. The van der Waals surface area contributed by atoms with E-state index < -0.39 is 0 Å². The number of dihydropyridines is 1. The molecule has 2 aromatic carbocycles. The Balaban J connectivity index is 1.81. The Bertz CT molecular complexity index is 1060. The Morgan fingerprint density at radius 3 is 2.59 bits per heavy atom. The standard InChI is InChI=1S/C25H26N2O2/c1-15-8-6-10-18(14-15)23-22(25(29)27-19-11-5-4-9-16(19)2)17(3)26-20-12-7-13-21(28)24(20)23/h4-6,8-11,14,23,26H,7,12-13H2,1-3H3,(H,27,29). The maximum Gasteiger partial charge on any atom is 0.254 e. The molecule has 1 amide bonds. The number of hydrogen-bond acceptors (Lipinski definition) is 3. The molecule has 1 atom stereocenters. The summed E-state index contributed by atoms with van der Waals surface area (Å²) in [6, 6.07) is 15.9. The number of allylic oxidation sites excluding steroid dienone is 3. The molecule has 1 aliphatic heterocycles. The fourth-order valence-corrected chi connectivity index (χ4v) is 4.37. The number of para-hydroxylation sites is 1. The third-order valence-corrected chi connectivity index (χ3v) is 5.79. The van der Waals surface area contributed by atoms with E-state index in [1.54, 1.807) is 0 Å². The van der Waals surface area contributed by atoms with Crippen molar-refractivity contribution in [3.8, 4) is 0 Å². The molecule has 0 radical (unpaired) electrons. The Morgan fingerprint density at radius 1 is 1.03 bits per heavy atom. The highest BCUT2D eigenvalue weighted by molar-refractivity contribution is 6.10. The van der Waals surface area contributed by atoms with Gasteiger partial charge in [-0.25, -0.2) is 0 Å². The van der Waals surface area contributed by atoms with Gasteiger partial charge in [-0.15, -0.1) is 0 Å². The monoisotopic (exact) mass is 386 g/mol. The summed E-state index contributed by atoms with van der Waals surface area (Å²) in [5.74, 6) is -0.373. The van der Waals surface area contributed by atoms with Crippen LogP contribution < -0.4 is 10.6 Å². The zero-order chi connectivity index (χ0) is 20.5. The van der Waals surface area contributed by atoms with E-state index in [-0.39, 0.29) is 17.6 Å². The van der Waals surface area contributed by atoms with Crippen LogP contribution in [-0.4, -0.2) is 11.7 Å². The first-order valence-corrected chi connectivity index (χ1v) is 10.1. The van der Waals surface area contributed by atoms with Gasteiger partial charge in [-0.2, -0.15) is 0 Å². The smallest absolute Gasteiger partial charge is 0.254 e. The Kier molecular flexibility index (Phi) is 5.10. The average Bonchev–Trinajstić information content (AvgIpc) is 2.69. The van der Waals surface area contributed by atoms with Crippen molar-refractivity contribution < 1.29 is 9.59 Å². The summed E-state index contributed by atoms with van der Waals surface area (Å²) in [5.41, 5.74) is 7.05. The number of Topliss-reactive ketones (excluding diaryl/α,β-unsaturated/α-hetero) is 1. The molecule has 148 valence electrons. The summed E-state index contributed by atoms with van der Waals surface area (Å²) in [6.45, 7) is 5.93. The quantitative estimate of drug-likeness (QED) is 0.788. The first-order chi connectivity index (χ1) is 14.0. The van der Waals surface area contributed by atoms with Crippen LogP contribution in [0.2, 0.25) is 0 Å². The highest BCUT2D eigenvalue weighted by Gasteiger charge is 2.38. The number of carbonyl (C=O) groups excluding carboxylic acids is 2. The van der Waals surface area contributed by atoms with Gasteiger partial charge in [0.15, 0.2) is 5.78 Å². The van der Waals surface area contributed by atoms with Gasteiger partial charge in [-0.1, -0.05) is 48.0 Å². The topological polar surface area (TPSA) is 58.2 Å². The van der Waals surface area contributed by atoms with E-state index in [1.807, 2.05) is 63.2 Å². The van der Waals surface area contributed by atoms with E-state index in [1.165, 1.54) is 0 Å². The van der Waals surface area contributed by atoms with Crippen LogP contribution in [0.15, 0.2) is 71.1 Å². The number of benzene rings is 2. The molecular formula is C25H26N2O2. The number of ketones is 1. The molecule has 1 unspecified atom stereocenters. The van der Waals surface area contributed by atoms with Crippen molar-refractivity contribution in [1.29, 1.82) is 0 Å². The number of aryl methyl sites for hydroxylation is 2. The molecule has 0 spiro atoms. The summed E-state index contributed by atoms with van der Waals surface area (Å²) in [4.78, 5) is 26.4. The normalized spacial score (nSPS) is 19.0. The summed E-state index contributed by atoms with van der Waals surface area (Å²) in [7, 11) is 0. The number of carbonyl (C=O) groups is 2. The van der Waals surface area contributed by atoms with Gasteiger partial charge in [0.1, 0.15) is 0 Å². The number of amides is 1. The van der Waals surface area contributed by atoms with Crippen LogP contribution in [0.1, 0.15) is 48.8 Å². The summed E-state index contributed by atoms with van der Waals surface area (Å²) >= 11 is 0. The molecule has 0 fully saturated rings. The second-order valence-corrected chi connectivity index (χ2v) is 7.95. The van der Waals surface area contributed by atoms with Crippen LogP contribution in [0.3, 0.4) is 0 Å². The van der Waals surface area contributed by atoms with E-state index >= 15 is 0 Å². The maximum atomic E-state index is 13.4. The van der Waals surface area contributed by atoms with Gasteiger partial charge >= 0.3 is 0 Å². The van der Waals surface area contributed by atoms with Gasteiger partial charge in [0.05, 0.1) is 0 Å². The fourth-order valence-electron chi connectivity index (χ4n) is 4.37. The number of hydrogen-bond donors (Lipinski definition) is 2. The minimum atomic E-state index is -0.344. The van der Waals surface area contributed by atoms with E-state index in [4.69, 9.17) is 0 Å². The highest BCUT2D eigenvalue weighted by atomic mass is 16.2. The Labute approximate surface area is 171 Å². The summed E-state index contributed by atoms with van der Waals surface area (Å²) in [6.07, 6.45) is 2.23. The zero-order valence-electron chi connectivity index (χ0n) is 17.1. The predicted molar refractivity (Wildman–Crippen MR) is 115 cm³/mol. The second kappa shape index (κ2) is 7.70. The molecule has 29 heavy (non-hydrogen) atoms. The molecule has 2 aromatic rings. The molecule has 4 nitrogen and oxygen atoms in total.